The molecule has 1 aliphatic carbocycles. The molecule has 0 bridgehead atoms. The molecule has 1 saturated carbocycles. The van der Waals surface area contributed by atoms with Gasteiger partial charge >= 0.3 is 0 Å². The van der Waals surface area contributed by atoms with E-state index in [1.54, 1.807) is 0 Å². The van der Waals surface area contributed by atoms with Gasteiger partial charge in [-0.05, 0) is 56.3 Å². The maximum Gasteiger partial charge on any atom is 0.0468 e. The van der Waals surface area contributed by atoms with Gasteiger partial charge in [-0.25, -0.2) is 0 Å². The minimum Gasteiger partial charge on any atom is -0.381 e. The molecule has 0 aromatic rings. The Morgan fingerprint density at radius 3 is 2.50 bits per heavy atom. The lowest BCUT2D eigenvalue weighted by atomic mass is 9.75. The fourth-order valence-corrected chi connectivity index (χ4v) is 4.05. The number of halogens is 1. The second kappa shape index (κ2) is 6.39. The maximum absolute atomic E-state index is 5.45. The Hall–Kier alpha value is 0.440. The normalized spacial score (nSPS) is 37.5. The van der Waals surface area contributed by atoms with E-state index < -0.39 is 0 Å². The number of ether oxygens (including phenoxy) is 1. The molecule has 2 fully saturated rings. The summed E-state index contributed by atoms with van der Waals surface area (Å²) in [6, 6.07) is 0. The van der Waals surface area contributed by atoms with E-state index in [9.17, 15) is 0 Å². The van der Waals surface area contributed by atoms with Crippen LogP contribution in [0.2, 0.25) is 0 Å². The molecule has 0 aromatic carbocycles. The quantitative estimate of drug-likeness (QED) is 0.700. The third-order valence-corrected chi connectivity index (χ3v) is 5.76. The van der Waals surface area contributed by atoms with Crippen LogP contribution in [0.25, 0.3) is 0 Å². The summed E-state index contributed by atoms with van der Waals surface area (Å²) in [5.74, 6) is 2.87. The highest BCUT2D eigenvalue weighted by molar-refractivity contribution is 9.09. The van der Waals surface area contributed by atoms with Crippen molar-refractivity contribution in [2.24, 2.45) is 17.8 Å². The van der Waals surface area contributed by atoms with E-state index in [2.05, 4.69) is 22.9 Å². The number of rotatable bonds is 3. The Labute approximate surface area is 108 Å². The SMILES string of the molecule is CCC1CCC(Br)C(CC2CCOCC2)C1. The van der Waals surface area contributed by atoms with E-state index in [4.69, 9.17) is 4.74 Å². The largest absolute Gasteiger partial charge is 0.381 e. The van der Waals surface area contributed by atoms with Crippen molar-refractivity contribution in [3.63, 3.8) is 0 Å². The Balaban J connectivity index is 1.81. The molecule has 0 aromatic heterocycles. The van der Waals surface area contributed by atoms with Crippen LogP contribution in [0, 0.1) is 17.8 Å². The van der Waals surface area contributed by atoms with Crippen LogP contribution < -0.4 is 0 Å². The molecule has 1 aliphatic heterocycles. The van der Waals surface area contributed by atoms with Crippen LogP contribution in [0.15, 0.2) is 0 Å². The van der Waals surface area contributed by atoms with E-state index in [1.165, 1.54) is 44.9 Å². The first-order chi connectivity index (χ1) is 7.79. The van der Waals surface area contributed by atoms with Gasteiger partial charge < -0.3 is 4.74 Å². The first-order valence-corrected chi connectivity index (χ1v) is 7.93. The van der Waals surface area contributed by atoms with Crippen LogP contribution in [0.1, 0.15) is 51.9 Å². The molecule has 0 N–H and O–H groups in total. The van der Waals surface area contributed by atoms with Gasteiger partial charge in [-0.2, -0.15) is 0 Å². The number of hydrogen-bond donors (Lipinski definition) is 0. The topological polar surface area (TPSA) is 9.23 Å². The van der Waals surface area contributed by atoms with Crippen molar-refractivity contribution in [2.75, 3.05) is 13.2 Å². The van der Waals surface area contributed by atoms with E-state index in [1.807, 2.05) is 0 Å². The van der Waals surface area contributed by atoms with Crippen LogP contribution in [0.4, 0.5) is 0 Å². The molecule has 3 unspecified atom stereocenters. The van der Waals surface area contributed by atoms with Crippen molar-refractivity contribution in [2.45, 2.75) is 56.7 Å². The lowest BCUT2D eigenvalue weighted by Crippen LogP contribution is -2.28. The predicted molar refractivity (Wildman–Crippen MR) is 72.0 cm³/mol. The van der Waals surface area contributed by atoms with E-state index >= 15 is 0 Å². The molecular weight excluding hydrogens is 264 g/mol. The van der Waals surface area contributed by atoms with Crippen molar-refractivity contribution in [3.05, 3.63) is 0 Å². The summed E-state index contributed by atoms with van der Waals surface area (Å²) < 4.78 is 5.45. The minimum atomic E-state index is 0.790. The molecule has 0 amide bonds. The van der Waals surface area contributed by atoms with Crippen molar-refractivity contribution in [1.29, 1.82) is 0 Å². The van der Waals surface area contributed by atoms with Gasteiger partial charge in [-0.1, -0.05) is 29.3 Å². The molecule has 0 spiro atoms. The Morgan fingerprint density at radius 1 is 1.06 bits per heavy atom. The molecule has 1 saturated heterocycles. The fraction of sp³-hybridized carbons (Fsp3) is 1.00. The Kier molecular flexibility index (Phi) is 5.15. The summed E-state index contributed by atoms with van der Waals surface area (Å²) in [6.45, 7) is 4.35. The highest BCUT2D eigenvalue weighted by Crippen LogP contribution is 2.39. The highest BCUT2D eigenvalue weighted by Gasteiger charge is 2.30. The van der Waals surface area contributed by atoms with Crippen LogP contribution in [0.5, 0.6) is 0 Å². The fourth-order valence-electron chi connectivity index (χ4n) is 3.35. The second-order valence-electron chi connectivity index (χ2n) is 5.65. The van der Waals surface area contributed by atoms with Gasteiger partial charge in [0.15, 0.2) is 0 Å². The van der Waals surface area contributed by atoms with Gasteiger partial charge in [-0.15, -0.1) is 0 Å². The van der Waals surface area contributed by atoms with Gasteiger partial charge in [0.25, 0.3) is 0 Å². The average Bonchev–Trinajstić information content (AvgIpc) is 2.33. The van der Waals surface area contributed by atoms with Crippen LogP contribution in [-0.4, -0.2) is 18.0 Å². The van der Waals surface area contributed by atoms with E-state index in [-0.39, 0.29) is 0 Å². The summed E-state index contributed by atoms with van der Waals surface area (Å²) in [4.78, 5) is 0.790. The summed E-state index contributed by atoms with van der Waals surface area (Å²) in [5, 5.41) is 0. The lowest BCUT2D eigenvalue weighted by Gasteiger charge is -2.36. The molecule has 3 atom stereocenters. The highest BCUT2D eigenvalue weighted by atomic mass is 79.9. The Bertz CT molecular complexity index is 201. The molecule has 1 heterocycles. The molecular formula is C14H25BrO. The first-order valence-electron chi connectivity index (χ1n) is 7.01. The van der Waals surface area contributed by atoms with Gasteiger partial charge in [0, 0.05) is 18.0 Å². The van der Waals surface area contributed by atoms with Crippen molar-refractivity contribution in [1.82, 2.24) is 0 Å². The van der Waals surface area contributed by atoms with Gasteiger partial charge in [0.2, 0.25) is 0 Å². The number of hydrogen-bond acceptors (Lipinski definition) is 1. The van der Waals surface area contributed by atoms with Crippen molar-refractivity contribution < 1.29 is 4.74 Å². The molecule has 0 radical (unpaired) electrons. The van der Waals surface area contributed by atoms with Crippen LogP contribution in [-0.2, 0) is 4.74 Å². The Morgan fingerprint density at radius 2 is 1.81 bits per heavy atom. The molecule has 2 aliphatic rings. The third-order valence-electron chi connectivity index (χ3n) is 4.55. The maximum atomic E-state index is 5.45. The molecule has 1 nitrogen and oxygen atoms in total. The number of alkyl halides is 1. The zero-order valence-corrected chi connectivity index (χ0v) is 12.0. The van der Waals surface area contributed by atoms with Crippen molar-refractivity contribution in [3.8, 4) is 0 Å². The molecule has 2 rings (SSSR count). The molecule has 2 heteroatoms. The van der Waals surface area contributed by atoms with Crippen LogP contribution in [0.3, 0.4) is 0 Å². The average molecular weight is 289 g/mol. The molecule has 16 heavy (non-hydrogen) atoms. The smallest absolute Gasteiger partial charge is 0.0468 e. The standard InChI is InChI=1S/C14H25BrO/c1-2-11-3-4-14(15)13(9-11)10-12-5-7-16-8-6-12/h11-14H,2-10H2,1H3. The van der Waals surface area contributed by atoms with E-state index in [0.29, 0.717) is 0 Å². The van der Waals surface area contributed by atoms with Gasteiger partial charge in [0.1, 0.15) is 0 Å². The third kappa shape index (κ3) is 3.46. The van der Waals surface area contributed by atoms with Gasteiger partial charge in [-0.3, -0.25) is 0 Å². The van der Waals surface area contributed by atoms with Crippen molar-refractivity contribution >= 4 is 15.9 Å². The monoisotopic (exact) mass is 288 g/mol. The van der Waals surface area contributed by atoms with E-state index in [0.717, 1.165) is 35.8 Å². The first kappa shape index (κ1) is 12.9. The zero-order valence-electron chi connectivity index (χ0n) is 10.5. The minimum absolute atomic E-state index is 0.790. The zero-order chi connectivity index (χ0) is 11.4. The van der Waals surface area contributed by atoms with Crippen LogP contribution >= 0.6 is 15.9 Å². The second-order valence-corrected chi connectivity index (χ2v) is 6.83. The lowest BCUT2D eigenvalue weighted by molar-refractivity contribution is 0.0549. The molecule has 94 valence electrons. The summed E-state index contributed by atoms with van der Waals surface area (Å²) >= 11 is 3.91. The van der Waals surface area contributed by atoms with Gasteiger partial charge in [0.05, 0.1) is 0 Å². The predicted octanol–water partition coefficient (Wildman–Crippen LogP) is 4.39. The summed E-state index contributed by atoms with van der Waals surface area (Å²) in [6.07, 6.45) is 9.71. The summed E-state index contributed by atoms with van der Waals surface area (Å²) in [5.41, 5.74) is 0. The summed E-state index contributed by atoms with van der Waals surface area (Å²) in [7, 11) is 0.